The Labute approximate surface area is 340 Å². The third kappa shape index (κ3) is 15.5. The number of hydrogen-bond acceptors (Lipinski definition) is 7. The molecule has 6 amide bonds. The van der Waals surface area contributed by atoms with E-state index in [9.17, 15) is 28.8 Å². The number of alkyl halides is 4. The van der Waals surface area contributed by atoms with Crippen molar-refractivity contribution in [1.82, 2.24) is 10.6 Å². The molecule has 0 unspecified atom stereocenters. The van der Waals surface area contributed by atoms with E-state index in [-0.39, 0.29) is 53.2 Å². The van der Waals surface area contributed by atoms with Crippen LogP contribution in [0, 0.1) is 10.8 Å². The van der Waals surface area contributed by atoms with Gasteiger partial charge in [-0.25, -0.2) is 0 Å². The number of hydrogen-bond donors (Lipinski definition) is 6. The average molecular weight is 1130 g/mol. The zero-order valence-electron chi connectivity index (χ0n) is 27.5. The van der Waals surface area contributed by atoms with Gasteiger partial charge >= 0.3 is 0 Å². The van der Waals surface area contributed by atoms with Gasteiger partial charge in [0.05, 0.1) is 53.7 Å². The Morgan fingerprint density at radius 3 is 1.14 bits per heavy atom. The smallest absolute Gasteiger partial charge is 0.251 e. The lowest BCUT2D eigenvalue weighted by Crippen LogP contribution is -2.40. The number of rotatable bonds is 18. The lowest BCUT2D eigenvalue weighted by atomic mass is 9.92. The molecule has 0 aliphatic rings. The van der Waals surface area contributed by atoms with Crippen molar-refractivity contribution in [3.05, 3.63) is 47.5 Å². The third-order valence-electron chi connectivity index (χ3n) is 6.59. The average Bonchev–Trinajstić information content (AvgIpc) is 3.07. The fourth-order valence-electron chi connectivity index (χ4n) is 4.08. The van der Waals surface area contributed by atoms with Crippen LogP contribution in [-0.4, -0.2) is 79.5 Å². The van der Waals surface area contributed by atoms with Crippen LogP contribution in [0.2, 0.25) is 0 Å². The van der Waals surface area contributed by atoms with Crippen molar-refractivity contribution in [2.45, 2.75) is 27.7 Å². The molecule has 0 spiro atoms. The van der Waals surface area contributed by atoms with E-state index in [4.69, 9.17) is 4.74 Å². The lowest BCUT2D eigenvalue weighted by Gasteiger charge is -2.29. The minimum Gasteiger partial charge on any atom is -0.380 e. The molecular formula is C32H40I4N6O7. The van der Waals surface area contributed by atoms with Gasteiger partial charge < -0.3 is 36.6 Å². The van der Waals surface area contributed by atoms with Crippen LogP contribution in [0.3, 0.4) is 0 Å². The molecule has 49 heavy (non-hydrogen) atoms. The minimum atomic E-state index is -0.436. The summed E-state index contributed by atoms with van der Waals surface area (Å²) in [6.45, 7) is 9.08. The number of carbonyl (C=O) groups is 6. The summed E-state index contributed by atoms with van der Waals surface area (Å²) in [5, 5.41) is 16.8. The molecule has 0 aliphatic carbocycles. The number of halogens is 4. The highest BCUT2D eigenvalue weighted by atomic mass is 127. The molecule has 0 fully saturated rings. The monoisotopic (exact) mass is 1130 g/mol. The standard InChI is InChI=1S/C32H40I4N6O7/c1-31(2,15-37-29(47)19-5-7-21(39-25(43)11-33)23(9-19)41-27(45)13-35)17-49-18-32(3,4)16-38-30(48)20-6-8-22(40-26(44)12-34)24(10-20)42-28(46)14-36/h5-10H,11-18H2,1-4H3,(H,37,47)(H,38,48)(H,39,43)(H,40,44)(H,41,45)(H,42,46). The van der Waals surface area contributed by atoms with Crippen LogP contribution >= 0.6 is 90.4 Å². The summed E-state index contributed by atoms with van der Waals surface area (Å²) in [6.07, 6.45) is 0. The van der Waals surface area contributed by atoms with Gasteiger partial charge in [0.2, 0.25) is 23.6 Å². The molecule has 0 heterocycles. The summed E-state index contributed by atoms with van der Waals surface area (Å²) in [5.41, 5.74) is 1.26. The summed E-state index contributed by atoms with van der Waals surface area (Å²) < 4.78 is 6.93. The largest absolute Gasteiger partial charge is 0.380 e. The molecule has 17 heteroatoms. The van der Waals surface area contributed by atoms with Crippen molar-refractivity contribution in [3.63, 3.8) is 0 Å². The van der Waals surface area contributed by atoms with E-state index in [2.05, 4.69) is 31.9 Å². The van der Waals surface area contributed by atoms with Gasteiger partial charge in [0.15, 0.2) is 0 Å². The highest BCUT2D eigenvalue weighted by Gasteiger charge is 2.25. The predicted molar refractivity (Wildman–Crippen MR) is 226 cm³/mol. The Balaban J connectivity index is 1.95. The van der Waals surface area contributed by atoms with Crippen molar-refractivity contribution in [1.29, 1.82) is 0 Å². The van der Waals surface area contributed by atoms with Crippen LogP contribution in [0.25, 0.3) is 0 Å². The van der Waals surface area contributed by atoms with Gasteiger partial charge in [0.1, 0.15) is 0 Å². The van der Waals surface area contributed by atoms with E-state index in [0.717, 1.165) is 0 Å². The van der Waals surface area contributed by atoms with E-state index < -0.39 is 10.8 Å². The van der Waals surface area contributed by atoms with E-state index >= 15 is 0 Å². The van der Waals surface area contributed by atoms with Crippen molar-refractivity contribution in [2.75, 3.05) is 65.3 Å². The summed E-state index contributed by atoms with van der Waals surface area (Å²) in [6, 6.07) is 9.39. The number of amides is 6. The molecule has 0 aromatic heterocycles. The Morgan fingerprint density at radius 2 is 0.837 bits per heavy atom. The first-order valence-electron chi connectivity index (χ1n) is 14.9. The Morgan fingerprint density at radius 1 is 0.531 bits per heavy atom. The van der Waals surface area contributed by atoms with Gasteiger partial charge in [-0.2, -0.15) is 0 Å². The van der Waals surface area contributed by atoms with Gasteiger partial charge in [-0.1, -0.05) is 118 Å². The van der Waals surface area contributed by atoms with E-state index in [1.54, 1.807) is 24.3 Å². The molecule has 0 aliphatic heterocycles. The lowest BCUT2D eigenvalue weighted by molar-refractivity contribution is -0.114. The molecule has 0 radical (unpaired) electrons. The Hall–Kier alpha value is -1.86. The van der Waals surface area contributed by atoms with Crippen molar-refractivity contribution in [3.8, 4) is 0 Å². The molecule has 0 saturated heterocycles. The molecule has 0 saturated carbocycles. The SMILES string of the molecule is CC(C)(CNC(=O)c1ccc(NC(=O)CI)c(NC(=O)CI)c1)COCC(C)(C)CNC(=O)c1ccc(NC(=O)CI)c(NC(=O)CI)c1. The van der Waals surface area contributed by atoms with E-state index in [1.165, 1.54) is 12.1 Å². The fourth-order valence-corrected chi connectivity index (χ4v) is 4.84. The van der Waals surface area contributed by atoms with Crippen LogP contribution < -0.4 is 31.9 Å². The second kappa shape index (κ2) is 20.9. The van der Waals surface area contributed by atoms with Crippen LogP contribution in [-0.2, 0) is 23.9 Å². The first kappa shape index (κ1) is 43.3. The fraction of sp³-hybridized carbons (Fsp3) is 0.438. The predicted octanol–water partition coefficient (Wildman–Crippen LogP) is 5.41. The molecule has 268 valence electrons. The van der Waals surface area contributed by atoms with Gasteiger partial charge in [0.25, 0.3) is 11.8 Å². The van der Waals surface area contributed by atoms with E-state index in [0.29, 0.717) is 60.2 Å². The Kier molecular flexibility index (Phi) is 18.4. The zero-order chi connectivity index (χ0) is 36.8. The van der Waals surface area contributed by atoms with Crippen LogP contribution in [0.15, 0.2) is 36.4 Å². The summed E-state index contributed by atoms with van der Waals surface area (Å²) >= 11 is 7.74. The number of nitrogens with one attached hydrogen (secondary N) is 6. The minimum absolute atomic E-state index is 0.209. The second-order valence-electron chi connectivity index (χ2n) is 12.4. The topological polar surface area (TPSA) is 184 Å². The summed E-state index contributed by atoms with van der Waals surface area (Å²) in [5.74, 6) is -1.67. The molecule has 2 aromatic rings. The van der Waals surface area contributed by atoms with Crippen LogP contribution in [0.4, 0.5) is 22.7 Å². The number of benzene rings is 2. The van der Waals surface area contributed by atoms with Crippen LogP contribution in [0.1, 0.15) is 48.4 Å². The van der Waals surface area contributed by atoms with Crippen LogP contribution in [0.5, 0.6) is 0 Å². The first-order valence-corrected chi connectivity index (χ1v) is 21.0. The van der Waals surface area contributed by atoms with Gasteiger partial charge in [-0.05, 0) is 36.4 Å². The summed E-state index contributed by atoms with van der Waals surface area (Å²) in [7, 11) is 0. The molecular weight excluding hydrogens is 1090 g/mol. The maximum absolute atomic E-state index is 13.0. The van der Waals surface area contributed by atoms with Crippen molar-refractivity contribution < 1.29 is 33.5 Å². The second-order valence-corrected chi connectivity index (χ2v) is 15.5. The highest BCUT2D eigenvalue weighted by molar-refractivity contribution is 14.1. The quantitative estimate of drug-likeness (QED) is 0.0853. The molecule has 0 atom stereocenters. The molecule has 6 N–H and O–H groups in total. The normalized spacial score (nSPS) is 11.3. The highest BCUT2D eigenvalue weighted by Crippen LogP contribution is 2.26. The molecule has 2 aromatic carbocycles. The first-order chi connectivity index (χ1) is 23.0. The van der Waals surface area contributed by atoms with Crippen molar-refractivity contribution >= 4 is 149 Å². The number of carbonyl (C=O) groups excluding carboxylic acids is 6. The van der Waals surface area contributed by atoms with E-state index in [1.807, 2.05) is 118 Å². The van der Waals surface area contributed by atoms with Gasteiger partial charge in [-0.3, -0.25) is 28.8 Å². The molecule has 2 rings (SSSR count). The molecule has 0 bridgehead atoms. The van der Waals surface area contributed by atoms with Crippen molar-refractivity contribution in [2.24, 2.45) is 10.8 Å². The van der Waals surface area contributed by atoms with Gasteiger partial charge in [0, 0.05) is 35.0 Å². The Bertz CT molecular complexity index is 1430. The number of ether oxygens (including phenoxy) is 1. The third-order valence-corrected chi connectivity index (χ3v) is 9.36. The summed E-state index contributed by atoms with van der Waals surface area (Å²) in [4.78, 5) is 74.0. The maximum atomic E-state index is 13.0. The van der Waals surface area contributed by atoms with Gasteiger partial charge in [-0.15, -0.1) is 0 Å². The number of anilines is 4. The maximum Gasteiger partial charge on any atom is 0.251 e. The zero-order valence-corrected chi connectivity index (χ0v) is 36.1. The molecule has 13 nitrogen and oxygen atoms in total.